The van der Waals surface area contributed by atoms with Gasteiger partial charge >= 0.3 is 0 Å². The van der Waals surface area contributed by atoms with Crippen molar-refractivity contribution in [2.24, 2.45) is 5.92 Å². The van der Waals surface area contributed by atoms with Gasteiger partial charge in [-0.25, -0.2) is 4.98 Å². The van der Waals surface area contributed by atoms with Crippen molar-refractivity contribution in [3.8, 4) is 0 Å². The van der Waals surface area contributed by atoms with Crippen LogP contribution >= 0.6 is 11.6 Å². The molecule has 1 N–H and O–H groups in total. The van der Waals surface area contributed by atoms with Gasteiger partial charge in [0.05, 0.1) is 5.52 Å². The number of pyridine rings is 1. The zero-order valence-corrected chi connectivity index (χ0v) is 10.5. The Hall–Kier alpha value is -1.22. The quantitative estimate of drug-likeness (QED) is 0.888. The summed E-state index contributed by atoms with van der Waals surface area (Å²) in [7, 11) is 1.89. The van der Waals surface area contributed by atoms with Crippen molar-refractivity contribution in [1.29, 1.82) is 0 Å². The highest BCUT2D eigenvalue weighted by Gasteiger charge is 2.10. The number of halogens is 1. The minimum Gasteiger partial charge on any atom is -0.388 e. The van der Waals surface area contributed by atoms with Gasteiger partial charge in [0.25, 0.3) is 0 Å². The van der Waals surface area contributed by atoms with Gasteiger partial charge in [-0.15, -0.1) is 0 Å². The SMILES string of the molecule is CNc1ccn2c(CC(C)C)nc(Cl)c2c1. The minimum atomic E-state index is 0.575. The first-order valence-electron chi connectivity index (χ1n) is 5.46. The van der Waals surface area contributed by atoms with E-state index in [1.54, 1.807) is 0 Å². The molecule has 0 saturated carbocycles. The molecule has 0 spiro atoms. The maximum Gasteiger partial charge on any atom is 0.155 e. The lowest BCUT2D eigenvalue weighted by Crippen LogP contribution is -2.00. The maximum atomic E-state index is 6.13. The zero-order chi connectivity index (χ0) is 11.7. The van der Waals surface area contributed by atoms with Crippen LogP contribution in [0.25, 0.3) is 5.52 Å². The molecule has 2 heterocycles. The summed E-state index contributed by atoms with van der Waals surface area (Å²) < 4.78 is 2.06. The normalized spacial score (nSPS) is 11.3. The van der Waals surface area contributed by atoms with Gasteiger partial charge in [-0.1, -0.05) is 25.4 Å². The average Bonchev–Trinajstić information content (AvgIpc) is 2.54. The van der Waals surface area contributed by atoms with Crippen molar-refractivity contribution in [2.75, 3.05) is 12.4 Å². The molecule has 0 aliphatic carbocycles. The van der Waals surface area contributed by atoms with Gasteiger partial charge in [0.15, 0.2) is 5.15 Å². The third-order valence-corrected chi connectivity index (χ3v) is 2.83. The molecule has 0 aliphatic heterocycles. The molecule has 16 heavy (non-hydrogen) atoms. The lowest BCUT2D eigenvalue weighted by Gasteiger charge is -2.05. The van der Waals surface area contributed by atoms with Gasteiger partial charge in [0, 0.05) is 25.4 Å². The Kier molecular flexibility index (Phi) is 3.06. The van der Waals surface area contributed by atoms with E-state index in [1.165, 1.54) is 0 Å². The topological polar surface area (TPSA) is 29.3 Å². The van der Waals surface area contributed by atoms with E-state index >= 15 is 0 Å². The molecule has 0 atom stereocenters. The van der Waals surface area contributed by atoms with E-state index in [-0.39, 0.29) is 0 Å². The van der Waals surface area contributed by atoms with E-state index in [9.17, 15) is 0 Å². The number of hydrogen-bond donors (Lipinski definition) is 1. The fraction of sp³-hybridized carbons (Fsp3) is 0.417. The van der Waals surface area contributed by atoms with Crippen LogP contribution in [0.2, 0.25) is 5.15 Å². The molecule has 0 aromatic carbocycles. The molecule has 0 saturated heterocycles. The van der Waals surface area contributed by atoms with Crippen LogP contribution in [0.4, 0.5) is 5.69 Å². The van der Waals surface area contributed by atoms with Gasteiger partial charge in [-0.05, 0) is 18.1 Å². The summed E-state index contributed by atoms with van der Waals surface area (Å²) in [4.78, 5) is 4.41. The van der Waals surface area contributed by atoms with Crippen LogP contribution in [-0.2, 0) is 6.42 Å². The van der Waals surface area contributed by atoms with Gasteiger partial charge in [0.2, 0.25) is 0 Å². The number of fused-ring (bicyclic) bond motifs is 1. The molecule has 4 heteroatoms. The first kappa shape index (κ1) is 11.3. The summed E-state index contributed by atoms with van der Waals surface area (Å²) in [6.07, 6.45) is 2.95. The highest BCUT2D eigenvalue weighted by atomic mass is 35.5. The van der Waals surface area contributed by atoms with Crippen molar-refractivity contribution in [3.63, 3.8) is 0 Å². The molecule has 0 aliphatic rings. The Morgan fingerprint density at radius 2 is 2.25 bits per heavy atom. The minimum absolute atomic E-state index is 0.575. The van der Waals surface area contributed by atoms with Crippen molar-refractivity contribution in [2.45, 2.75) is 20.3 Å². The summed E-state index contributed by atoms with van der Waals surface area (Å²) in [5, 5.41) is 3.67. The summed E-state index contributed by atoms with van der Waals surface area (Å²) in [5.74, 6) is 1.60. The lowest BCUT2D eigenvalue weighted by atomic mass is 10.1. The Morgan fingerprint density at radius 1 is 1.50 bits per heavy atom. The number of aromatic nitrogens is 2. The first-order valence-corrected chi connectivity index (χ1v) is 5.84. The van der Waals surface area contributed by atoms with E-state index in [1.807, 2.05) is 25.4 Å². The molecule has 0 fully saturated rings. The van der Waals surface area contributed by atoms with Crippen molar-refractivity contribution in [1.82, 2.24) is 9.38 Å². The van der Waals surface area contributed by atoms with Gasteiger partial charge < -0.3 is 9.72 Å². The third-order valence-electron chi connectivity index (χ3n) is 2.55. The van der Waals surface area contributed by atoms with E-state index < -0.39 is 0 Å². The highest BCUT2D eigenvalue weighted by Crippen LogP contribution is 2.22. The van der Waals surface area contributed by atoms with Crippen molar-refractivity contribution in [3.05, 3.63) is 29.3 Å². The Balaban J connectivity index is 2.53. The van der Waals surface area contributed by atoms with E-state index in [0.29, 0.717) is 11.1 Å². The number of imidazole rings is 1. The third kappa shape index (κ3) is 2.00. The Morgan fingerprint density at radius 3 is 2.88 bits per heavy atom. The smallest absolute Gasteiger partial charge is 0.155 e. The maximum absolute atomic E-state index is 6.13. The second-order valence-electron chi connectivity index (χ2n) is 4.34. The molecule has 2 aromatic rings. The van der Waals surface area contributed by atoms with Crippen LogP contribution < -0.4 is 5.32 Å². The number of nitrogens with zero attached hydrogens (tertiary/aromatic N) is 2. The Labute approximate surface area is 100 Å². The first-order chi connectivity index (χ1) is 7.61. The molecule has 2 rings (SSSR count). The second kappa shape index (κ2) is 4.34. The van der Waals surface area contributed by atoms with Gasteiger partial charge in [0.1, 0.15) is 5.82 Å². The van der Waals surface area contributed by atoms with E-state index in [2.05, 4.69) is 28.5 Å². The number of rotatable bonds is 3. The monoisotopic (exact) mass is 237 g/mol. The molecule has 3 nitrogen and oxygen atoms in total. The standard InChI is InChI=1S/C12H16ClN3/c1-8(2)6-11-15-12(13)10-7-9(14-3)4-5-16(10)11/h4-5,7-8,14H,6H2,1-3H3. The molecular weight excluding hydrogens is 222 g/mol. The summed E-state index contributed by atoms with van der Waals surface area (Å²) in [6, 6.07) is 4.04. The molecular formula is C12H16ClN3. The van der Waals surface area contributed by atoms with Crippen LogP contribution in [0, 0.1) is 5.92 Å². The largest absolute Gasteiger partial charge is 0.388 e. The highest BCUT2D eigenvalue weighted by molar-refractivity contribution is 6.32. The molecule has 0 radical (unpaired) electrons. The van der Waals surface area contributed by atoms with Gasteiger partial charge in [-0.2, -0.15) is 0 Å². The number of nitrogens with one attached hydrogen (secondary N) is 1. The van der Waals surface area contributed by atoms with Crippen molar-refractivity contribution < 1.29 is 0 Å². The summed E-state index contributed by atoms with van der Waals surface area (Å²) in [6.45, 7) is 4.36. The van der Waals surface area contributed by atoms with Crippen LogP contribution in [0.1, 0.15) is 19.7 Å². The van der Waals surface area contributed by atoms with Crippen LogP contribution in [-0.4, -0.2) is 16.4 Å². The van der Waals surface area contributed by atoms with Crippen molar-refractivity contribution >= 4 is 22.8 Å². The molecule has 0 amide bonds. The predicted octanol–water partition coefficient (Wildman–Crippen LogP) is 3.23. The van der Waals surface area contributed by atoms with Gasteiger partial charge in [-0.3, -0.25) is 0 Å². The van der Waals surface area contributed by atoms with Crippen LogP contribution in [0.3, 0.4) is 0 Å². The molecule has 0 bridgehead atoms. The fourth-order valence-corrected chi connectivity index (χ4v) is 2.02. The molecule has 0 unspecified atom stereocenters. The summed E-state index contributed by atoms with van der Waals surface area (Å²) in [5.41, 5.74) is 2.01. The molecule has 86 valence electrons. The zero-order valence-electron chi connectivity index (χ0n) is 9.79. The predicted molar refractivity (Wildman–Crippen MR) is 68.3 cm³/mol. The molecule has 2 aromatic heterocycles. The summed E-state index contributed by atoms with van der Waals surface area (Å²) >= 11 is 6.13. The van der Waals surface area contributed by atoms with Crippen LogP contribution in [0.5, 0.6) is 0 Å². The second-order valence-corrected chi connectivity index (χ2v) is 4.70. The number of anilines is 1. The average molecular weight is 238 g/mol. The van der Waals surface area contributed by atoms with E-state index in [0.717, 1.165) is 23.4 Å². The lowest BCUT2D eigenvalue weighted by molar-refractivity contribution is 0.619. The number of hydrogen-bond acceptors (Lipinski definition) is 2. The van der Waals surface area contributed by atoms with E-state index in [4.69, 9.17) is 11.6 Å². The fourth-order valence-electron chi connectivity index (χ4n) is 1.77. The van der Waals surface area contributed by atoms with Crippen LogP contribution in [0.15, 0.2) is 18.3 Å². The Bertz CT molecular complexity index is 502.